The topological polar surface area (TPSA) is 88.9 Å². The molecule has 7 nitrogen and oxygen atoms in total. The Bertz CT molecular complexity index is 870. The van der Waals surface area contributed by atoms with Gasteiger partial charge in [0.2, 0.25) is 11.8 Å². The number of amides is 2. The van der Waals surface area contributed by atoms with Crippen molar-refractivity contribution < 1.29 is 23.5 Å². The van der Waals surface area contributed by atoms with Crippen LogP contribution in [0.15, 0.2) is 22.8 Å². The zero-order valence-corrected chi connectivity index (χ0v) is 15.1. The minimum absolute atomic E-state index is 0.112. The number of carbonyl (C=O) groups is 3. The zero-order valence-electron chi connectivity index (χ0n) is 15.1. The third-order valence-corrected chi connectivity index (χ3v) is 4.92. The number of nitrogens with zero attached hydrogens (tertiary/aromatic N) is 1. The van der Waals surface area contributed by atoms with Crippen LogP contribution in [-0.2, 0) is 25.5 Å². The summed E-state index contributed by atoms with van der Waals surface area (Å²) in [6.07, 6.45) is 1.55. The van der Waals surface area contributed by atoms with Crippen molar-refractivity contribution in [2.45, 2.75) is 32.7 Å². The maximum atomic E-state index is 12.8. The van der Waals surface area contributed by atoms with Gasteiger partial charge in [-0.3, -0.25) is 14.4 Å². The molecule has 0 saturated carbocycles. The number of rotatable bonds is 4. The summed E-state index contributed by atoms with van der Waals surface area (Å²) in [5.41, 5.74) is 3.71. The van der Waals surface area contributed by atoms with Crippen molar-refractivity contribution in [2.24, 2.45) is 0 Å². The van der Waals surface area contributed by atoms with Gasteiger partial charge in [-0.25, -0.2) is 0 Å². The molecule has 0 spiro atoms. The van der Waals surface area contributed by atoms with Gasteiger partial charge in [0.05, 0.1) is 26.2 Å². The van der Waals surface area contributed by atoms with Gasteiger partial charge in [0.25, 0.3) is 0 Å². The minimum Gasteiger partial charge on any atom is -0.469 e. The molecule has 138 valence electrons. The molecule has 1 aromatic carbocycles. The fourth-order valence-corrected chi connectivity index (χ4v) is 3.25. The fraction of sp³-hybridized carbons (Fsp3) is 0.421. The van der Waals surface area contributed by atoms with E-state index < -0.39 is 12.0 Å². The van der Waals surface area contributed by atoms with Gasteiger partial charge in [0.1, 0.15) is 11.6 Å². The van der Waals surface area contributed by atoms with Crippen molar-refractivity contribution in [3.8, 4) is 0 Å². The quantitative estimate of drug-likeness (QED) is 0.837. The lowest BCUT2D eigenvalue weighted by Gasteiger charge is -2.34. The van der Waals surface area contributed by atoms with E-state index in [9.17, 15) is 14.4 Å². The molecule has 1 atom stereocenters. The standard InChI is InChI=1S/C19H22N2O5/c1-11-4-5-14-13(10-26-18(14)12(11)2)8-16(22)21-7-6-20-19(24)15(21)9-17(23)25-3/h4-5,10,15H,6-9H2,1-3H3,(H,20,24). The highest BCUT2D eigenvalue weighted by Crippen LogP contribution is 2.27. The van der Waals surface area contributed by atoms with E-state index in [1.165, 1.54) is 12.0 Å². The number of carbonyl (C=O) groups excluding carboxylic acids is 3. The summed E-state index contributed by atoms with van der Waals surface area (Å²) in [4.78, 5) is 38.0. The van der Waals surface area contributed by atoms with E-state index >= 15 is 0 Å². The van der Waals surface area contributed by atoms with Crippen molar-refractivity contribution in [1.29, 1.82) is 0 Å². The number of hydrogen-bond donors (Lipinski definition) is 1. The Labute approximate surface area is 151 Å². The molecule has 1 N–H and O–H groups in total. The maximum Gasteiger partial charge on any atom is 0.308 e. The number of methoxy groups -OCH3 is 1. The largest absolute Gasteiger partial charge is 0.469 e. The zero-order chi connectivity index (χ0) is 18.8. The molecule has 1 aliphatic heterocycles. The van der Waals surface area contributed by atoms with Crippen molar-refractivity contribution in [2.75, 3.05) is 20.2 Å². The second kappa shape index (κ2) is 7.19. The van der Waals surface area contributed by atoms with E-state index in [-0.39, 0.29) is 24.7 Å². The van der Waals surface area contributed by atoms with Crippen LogP contribution in [0, 0.1) is 13.8 Å². The van der Waals surface area contributed by atoms with Crippen LogP contribution >= 0.6 is 0 Å². The highest BCUT2D eigenvalue weighted by molar-refractivity contribution is 5.94. The van der Waals surface area contributed by atoms with Crippen molar-refractivity contribution in [1.82, 2.24) is 10.2 Å². The Morgan fingerprint density at radius 3 is 2.85 bits per heavy atom. The van der Waals surface area contributed by atoms with Crippen molar-refractivity contribution in [3.05, 3.63) is 35.1 Å². The van der Waals surface area contributed by atoms with E-state index in [0.29, 0.717) is 13.1 Å². The lowest BCUT2D eigenvalue weighted by Crippen LogP contribution is -2.58. The van der Waals surface area contributed by atoms with Crippen LogP contribution in [0.1, 0.15) is 23.1 Å². The van der Waals surface area contributed by atoms with E-state index in [1.54, 1.807) is 6.26 Å². The molecule has 0 bridgehead atoms. The summed E-state index contributed by atoms with van der Waals surface area (Å²) < 4.78 is 10.3. The maximum absolute atomic E-state index is 12.8. The lowest BCUT2D eigenvalue weighted by atomic mass is 10.0. The summed E-state index contributed by atoms with van der Waals surface area (Å²) in [5, 5.41) is 3.59. The van der Waals surface area contributed by atoms with E-state index in [0.717, 1.165) is 27.7 Å². The van der Waals surface area contributed by atoms with Gasteiger partial charge in [-0.1, -0.05) is 12.1 Å². The van der Waals surface area contributed by atoms with E-state index in [1.807, 2.05) is 26.0 Å². The SMILES string of the molecule is COC(=O)CC1C(=O)NCCN1C(=O)Cc1coc2c(C)c(C)ccc12. The van der Waals surface area contributed by atoms with Crippen LogP contribution in [0.3, 0.4) is 0 Å². The van der Waals surface area contributed by atoms with Crippen molar-refractivity contribution >= 4 is 28.8 Å². The Balaban J connectivity index is 1.83. The Kier molecular flexibility index (Phi) is 4.97. The molecule has 1 aromatic heterocycles. The molecule has 2 amide bonds. The lowest BCUT2D eigenvalue weighted by molar-refractivity contribution is -0.150. The van der Waals surface area contributed by atoms with Crippen LogP contribution in [0.2, 0.25) is 0 Å². The first kappa shape index (κ1) is 18.0. The number of piperazine rings is 1. The third-order valence-electron chi connectivity index (χ3n) is 4.92. The number of hydrogen-bond acceptors (Lipinski definition) is 5. The van der Waals surface area contributed by atoms with Crippen molar-refractivity contribution in [3.63, 3.8) is 0 Å². The molecule has 2 heterocycles. The molecule has 1 aliphatic rings. The number of nitrogens with one attached hydrogen (secondary N) is 1. The second-order valence-corrected chi connectivity index (χ2v) is 6.50. The first-order chi connectivity index (χ1) is 12.4. The summed E-state index contributed by atoms with van der Waals surface area (Å²) in [6, 6.07) is 3.10. The molecule has 0 aliphatic carbocycles. The highest BCUT2D eigenvalue weighted by Gasteiger charge is 2.35. The van der Waals surface area contributed by atoms with Crippen LogP contribution in [0.4, 0.5) is 0 Å². The van der Waals surface area contributed by atoms with Gasteiger partial charge in [0.15, 0.2) is 0 Å². The second-order valence-electron chi connectivity index (χ2n) is 6.50. The van der Waals surface area contributed by atoms with E-state index in [4.69, 9.17) is 4.42 Å². The van der Waals surface area contributed by atoms with Gasteiger partial charge < -0.3 is 19.4 Å². The summed E-state index contributed by atoms with van der Waals surface area (Å²) in [6.45, 7) is 4.72. The molecule has 3 rings (SSSR count). The number of aryl methyl sites for hydroxylation is 2. The first-order valence-corrected chi connectivity index (χ1v) is 8.52. The summed E-state index contributed by atoms with van der Waals surface area (Å²) in [7, 11) is 1.26. The Hall–Kier alpha value is -2.83. The highest BCUT2D eigenvalue weighted by atomic mass is 16.5. The Morgan fingerprint density at radius 1 is 1.35 bits per heavy atom. The van der Waals surface area contributed by atoms with Crippen LogP contribution in [0.5, 0.6) is 0 Å². The van der Waals surface area contributed by atoms with E-state index in [2.05, 4.69) is 10.1 Å². The molecule has 1 saturated heterocycles. The van der Waals surface area contributed by atoms with Crippen LogP contribution in [-0.4, -0.2) is 48.9 Å². The smallest absolute Gasteiger partial charge is 0.308 e. The average Bonchev–Trinajstić information content (AvgIpc) is 3.03. The van der Waals surface area contributed by atoms with Gasteiger partial charge in [0, 0.05) is 24.0 Å². The summed E-state index contributed by atoms with van der Waals surface area (Å²) >= 11 is 0. The molecule has 26 heavy (non-hydrogen) atoms. The molecule has 7 heteroatoms. The predicted octanol–water partition coefficient (Wildman–Crippen LogP) is 1.48. The summed E-state index contributed by atoms with van der Waals surface area (Å²) in [5.74, 6) is -1.07. The van der Waals surface area contributed by atoms with Gasteiger partial charge in [-0.2, -0.15) is 0 Å². The van der Waals surface area contributed by atoms with Crippen LogP contribution < -0.4 is 5.32 Å². The normalized spacial score (nSPS) is 17.3. The number of fused-ring (bicyclic) bond motifs is 1. The van der Waals surface area contributed by atoms with Crippen LogP contribution in [0.25, 0.3) is 11.0 Å². The fourth-order valence-electron chi connectivity index (χ4n) is 3.25. The Morgan fingerprint density at radius 2 is 2.12 bits per heavy atom. The number of ether oxygens (including phenoxy) is 1. The number of esters is 1. The molecule has 1 unspecified atom stereocenters. The molecule has 2 aromatic rings. The molecule has 0 radical (unpaired) electrons. The number of furan rings is 1. The predicted molar refractivity (Wildman–Crippen MR) is 94.5 cm³/mol. The molecular weight excluding hydrogens is 336 g/mol. The minimum atomic E-state index is -0.842. The molecular formula is C19H22N2O5. The monoisotopic (exact) mass is 358 g/mol. The third kappa shape index (κ3) is 3.29. The molecule has 1 fully saturated rings. The van der Waals surface area contributed by atoms with Gasteiger partial charge in [-0.15, -0.1) is 0 Å². The average molecular weight is 358 g/mol. The van der Waals surface area contributed by atoms with Gasteiger partial charge >= 0.3 is 5.97 Å². The first-order valence-electron chi connectivity index (χ1n) is 8.52. The number of benzene rings is 1. The van der Waals surface area contributed by atoms with Gasteiger partial charge in [-0.05, 0) is 25.0 Å².